The Labute approximate surface area is 543 Å². The van der Waals surface area contributed by atoms with Gasteiger partial charge < -0.3 is 124 Å². The van der Waals surface area contributed by atoms with Gasteiger partial charge in [-0.15, -0.1) is 0 Å². The molecule has 5 fully saturated rings. The highest BCUT2D eigenvalue weighted by atomic mass is 16.8. The van der Waals surface area contributed by atoms with Crippen LogP contribution in [0.25, 0.3) is 0 Å². The van der Waals surface area contributed by atoms with E-state index in [0.29, 0.717) is 0 Å². The van der Waals surface area contributed by atoms with Gasteiger partial charge in [-0.25, -0.2) is 24.0 Å². The van der Waals surface area contributed by atoms with Gasteiger partial charge in [-0.3, -0.25) is 0 Å². The number of hydrogen-bond donors (Lipinski definition) is 15. The molecule has 0 radical (unpaired) electrons. The molecule has 12 unspecified atom stereocenters. The van der Waals surface area contributed by atoms with Crippen molar-refractivity contribution in [3.63, 3.8) is 0 Å². The molecular formula is C63H110O30. The predicted molar refractivity (Wildman–Crippen MR) is 323 cm³/mol. The molecule has 542 valence electrons. The molecule has 30 heteroatoms. The Hall–Kier alpha value is -3.45. The second-order valence-electron chi connectivity index (χ2n) is 30.7. The largest absolute Gasteiger partial charge is 0.479 e. The predicted octanol–water partition coefficient (Wildman–Crippen LogP) is 2.60. The highest BCUT2D eigenvalue weighted by molar-refractivity contribution is 5.83. The summed E-state index contributed by atoms with van der Waals surface area (Å²) in [5, 5.41) is 183. The van der Waals surface area contributed by atoms with Gasteiger partial charge in [-0.2, -0.15) is 0 Å². The van der Waals surface area contributed by atoms with Crippen LogP contribution in [0, 0.1) is 0 Å². The lowest BCUT2D eigenvalue weighted by atomic mass is 9.57. The van der Waals surface area contributed by atoms with Gasteiger partial charge in [0.2, 0.25) is 0 Å². The number of rotatable bonds is 17. The first-order chi connectivity index (χ1) is 40.6. The fraction of sp³-hybridized carbons (Fsp3) is 0.921. The molecule has 93 heavy (non-hydrogen) atoms. The van der Waals surface area contributed by atoms with E-state index < -0.39 is 171 Å². The Morgan fingerprint density at radius 1 is 0.269 bits per heavy atom. The molecule has 5 rings (SSSR count). The van der Waals surface area contributed by atoms with E-state index >= 15 is 0 Å². The van der Waals surface area contributed by atoms with E-state index in [1.165, 1.54) is 39.5 Å². The molecule has 0 aromatic carbocycles. The smallest absolute Gasteiger partial charge is 0.338 e. The summed E-state index contributed by atoms with van der Waals surface area (Å²) in [6.07, 6.45) is 5.54. The lowest BCUT2D eigenvalue weighted by Crippen LogP contribution is -2.93. The van der Waals surface area contributed by atoms with Crippen LogP contribution in [0.1, 0.15) is 220 Å². The molecule has 0 aliphatic carbocycles. The van der Waals surface area contributed by atoms with Crippen molar-refractivity contribution in [2.45, 2.75) is 360 Å². The number of carbonyl (C=O) groups is 5. The van der Waals surface area contributed by atoms with E-state index in [1.807, 2.05) is 0 Å². The Balaban J connectivity index is 0.00000292. The molecule has 0 saturated carbocycles. The number of hydrogen-bond acceptors (Lipinski definition) is 25. The van der Waals surface area contributed by atoms with Crippen LogP contribution in [0.15, 0.2) is 0 Å². The Morgan fingerprint density at radius 3 is 0.602 bits per heavy atom. The van der Waals surface area contributed by atoms with E-state index in [0.717, 1.165) is 173 Å². The molecule has 5 aliphatic heterocycles. The maximum Gasteiger partial charge on any atom is 0.338 e. The van der Waals surface area contributed by atoms with Crippen LogP contribution in [0.5, 0.6) is 0 Å². The molecule has 0 aromatic rings. The summed E-state index contributed by atoms with van der Waals surface area (Å²) in [5.41, 5.74) is -62.6. The van der Waals surface area contributed by atoms with Gasteiger partial charge >= 0.3 is 29.8 Å². The molecule has 24 atom stereocenters. The van der Waals surface area contributed by atoms with E-state index in [1.54, 1.807) is 0 Å². The Kier molecular flexibility index (Phi) is 19.4. The summed E-state index contributed by atoms with van der Waals surface area (Å²) >= 11 is 0. The quantitative estimate of drug-likeness (QED) is 0.0931. The first kappa shape index (κ1) is 82.0. The number of carboxylic acids is 5. The van der Waals surface area contributed by atoms with Gasteiger partial charge in [-0.1, -0.05) is 39.5 Å². The molecule has 0 bridgehead atoms. The number of aliphatic carboxylic acids is 5. The lowest BCUT2D eigenvalue weighted by Gasteiger charge is -2.73. The fourth-order valence-corrected chi connectivity index (χ4v) is 15.0. The third-order valence-corrected chi connectivity index (χ3v) is 25.7. The second kappa shape index (κ2) is 22.0. The zero-order chi connectivity index (χ0) is 74.3. The highest BCUT2D eigenvalue weighted by Gasteiger charge is 2.89. The molecule has 0 spiro atoms. The zero-order valence-electron chi connectivity index (χ0n) is 59.7. The first-order valence-corrected chi connectivity index (χ1v) is 30.8. The number of carboxylic acid groups (broad SMARTS) is 5. The minimum Gasteiger partial charge on any atom is -0.479 e. The van der Waals surface area contributed by atoms with Crippen molar-refractivity contribution in [1.82, 2.24) is 0 Å². The SMILES string of the molecule is CCCCCC.CO[C@]1(C)C(C)(C(=O)O)O[C@@](C)(O[C@]2(C)C(C)(C(=O)O)O[C@@](C)(O[C@]3(C)C(C)(C(=O)O)O[C@@](C)(O[C@]4(C)C(C)(C(=O)O)O[C@@](C)(O[C@]5(C)C(C)(C(=O)O)OC(C)(C)C(C)(O)[C@]5(C)O)C(C)(O)C4(C)O)C(C)(O)[C@@]3(C)O)C(C)(O)C2(C)O)C(C)(O)[C@]1(C)O. The average Bonchev–Trinajstić information content (AvgIpc) is 0.665. The van der Waals surface area contributed by atoms with Crippen molar-refractivity contribution >= 4 is 29.8 Å². The van der Waals surface area contributed by atoms with Gasteiger partial charge in [0, 0.05) is 7.11 Å². The molecule has 0 aromatic heterocycles. The summed E-state index contributed by atoms with van der Waals surface area (Å²) in [6, 6.07) is 0. The topological polar surface area (TPSA) is 481 Å². The highest BCUT2D eigenvalue weighted by Crippen LogP contribution is 2.68. The molecular weight excluding hydrogens is 1240 g/mol. The van der Waals surface area contributed by atoms with Crippen LogP contribution in [0.2, 0.25) is 0 Å². The van der Waals surface area contributed by atoms with Crippen molar-refractivity contribution in [2.24, 2.45) is 0 Å². The van der Waals surface area contributed by atoms with Gasteiger partial charge in [0.25, 0.3) is 0 Å². The standard InChI is InChI=1S/C57H96O30.C6H14/c1-33(2)39(8,68)40(9,69)50(19,35(4,79-33)29(60)61)84-55(24)46(15,75)42(11,71)52(21,37(6,81-55)31(64)65)86-57(26)48(17,77)44(13,73)53(22,38(7,83-57)32(66)67)87-56(25)47(16,76)43(12,72)51(20,36(5,82-56)30(62)63)85-54(23)45(14,74)41(10,70)49(18,78-27)34(3,80-54)28(58)59;1-3-5-6-4-2/h68-77H,1-27H3,(H,58,59)(H,60,61)(H,62,63)(H,64,65)(H,66,67);3-6H2,1-2H3/t34?,35?,36?,37?,38?,39?,40-,41-,42?,43?,44+,45?,46?,47?,48?,49+,50+,51+,52+,53+,54-,55-,56-,57-;/m0./s1. The zero-order valence-corrected chi connectivity index (χ0v) is 59.7. The van der Waals surface area contributed by atoms with Crippen molar-refractivity contribution in [3.05, 3.63) is 0 Å². The maximum atomic E-state index is 14.2. The van der Waals surface area contributed by atoms with Crippen LogP contribution >= 0.6 is 0 Å². The van der Waals surface area contributed by atoms with Crippen molar-refractivity contribution in [2.75, 3.05) is 7.11 Å². The van der Waals surface area contributed by atoms with Gasteiger partial charge in [0.15, 0.2) is 51.2 Å². The van der Waals surface area contributed by atoms with Gasteiger partial charge in [0.1, 0.15) is 84.0 Å². The lowest BCUT2D eigenvalue weighted by molar-refractivity contribution is -0.543. The van der Waals surface area contributed by atoms with Crippen molar-refractivity contribution in [3.8, 4) is 0 Å². The summed E-state index contributed by atoms with van der Waals surface area (Å²) in [7, 11) is 1.01. The van der Waals surface area contributed by atoms with Crippen molar-refractivity contribution in [1.29, 1.82) is 0 Å². The van der Waals surface area contributed by atoms with E-state index in [9.17, 15) is 101 Å². The number of unbranched alkanes of at least 4 members (excludes halogenated alkanes) is 3. The molecule has 5 saturated heterocycles. The average molecular weight is 1350 g/mol. The van der Waals surface area contributed by atoms with Crippen molar-refractivity contribution < 1.29 is 148 Å². The normalized spacial score (nSPS) is 55.5. The fourth-order valence-electron chi connectivity index (χ4n) is 15.0. The summed E-state index contributed by atoms with van der Waals surface area (Å²) < 4.78 is 62.4. The Morgan fingerprint density at radius 2 is 0.430 bits per heavy atom. The van der Waals surface area contributed by atoms with Crippen LogP contribution < -0.4 is 0 Å². The third-order valence-electron chi connectivity index (χ3n) is 25.7. The van der Waals surface area contributed by atoms with Crippen LogP contribution in [0.3, 0.4) is 0 Å². The van der Waals surface area contributed by atoms with E-state index in [4.69, 9.17) is 47.4 Å². The monoisotopic (exact) mass is 1350 g/mol. The van der Waals surface area contributed by atoms with E-state index in [-0.39, 0.29) is 0 Å². The number of ether oxygens (including phenoxy) is 10. The minimum atomic E-state index is -3.38. The van der Waals surface area contributed by atoms with Crippen LogP contribution in [-0.4, -0.2) is 254 Å². The van der Waals surface area contributed by atoms with Gasteiger partial charge in [0.05, 0.1) is 5.60 Å². The maximum absolute atomic E-state index is 14.2. The second-order valence-corrected chi connectivity index (χ2v) is 30.7. The first-order valence-electron chi connectivity index (χ1n) is 30.8. The molecule has 15 N–H and O–H groups in total. The third kappa shape index (κ3) is 9.34. The molecule has 30 nitrogen and oxygen atoms in total. The Bertz CT molecular complexity index is 2970. The summed E-state index contributed by atoms with van der Waals surface area (Å²) in [6.45, 7) is 27.6. The van der Waals surface area contributed by atoms with Crippen LogP contribution in [-0.2, 0) is 71.3 Å². The molecule has 5 heterocycles. The minimum absolute atomic E-state index is 0.718. The molecule has 0 amide bonds. The number of methoxy groups -OCH3 is 1. The van der Waals surface area contributed by atoms with E-state index in [2.05, 4.69) is 13.8 Å². The van der Waals surface area contributed by atoms with Gasteiger partial charge in [-0.05, 0) is 180 Å². The summed E-state index contributed by atoms with van der Waals surface area (Å²) in [4.78, 5) is 68.8. The van der Waals surface area contributed by atoms with Crippen LogP contribution in [0.4, 0.5) is 0 Å². The molecule has 5 aliphatic rings. The number of aliphatic hydroxyl groups is 10. The summed E-state index contributed by atoms with van der Waals surface area (Å²) in [5.74, 6) is -22.6.